The van der Waals surface area contributed by atoms with Gasteiger partial charge >= 0.3 is 11.9 Å². The SMILES string of the molecule is O=C(O)CC(C(=O)OO)N1C(=O)c2ccccc2C1=O. The van der Waals surface area contributed by atoms with Crippen molar-refractivity contribution in [1.29, 1.82) is 0 Å². The van der Waals surface area contributed by atoms with E-state index in [9.17, 15) is 19.2 Å². The minimum absolute atomic E-state index is 0.0682. The lowest BCUT2D eigenvalue weighted by atomic mass is 10.1. The van der Waals surface area contributed by atoms with E-state index in [0.717, 1.165) is 0 Å². The number of rotatable bonds is 4. The number of carbonyl (C=O) groups is 4. The zero-order valence-corrected chi connectivity index (χ0v) is 9.98. The van der Waals surface area contributed by atoms with E-state index in [-0.39, 0.29) is 11.1 Å². The first kappa shape index (κ1) is 13.7. The van der Waals surface area contributed by atoms with Crippen LogP contribution in [-0.4, -0.2) is 45.1 Å². The number of aliphatic carboxylic acids is 1. The number of imide groups is 1. The number of nitrogens with zero attached hydrogens (tertiary/aromatic N) is 1. The van der Waals surface area contributed by atoms with Crippen LogP contribution >= 0.6 is 0 Å². The molecule has 20 heavy (non-hydrogen) atoms. The Morgan fingerprint density at radius 3 is 2.05 bits per heavy atom. The third-order valence-corrected chi connectivity index (χ3v) is 2.87. The summed E-state index contributed by atoms with van der Waals surface area (Å²) in [5.41, 5.74) is 0.136. The summed E-state index contributed by atoms with van der Waals surface area (Å²) in [6.45, 7) is 0. The predicted octanol–water partition coefficient (Wildman–Crippen LogP) is 0.142. The lowest BCUT2D eigenvalue weighted by Crippen LogP contribution is -2.46. The Bertz CT molecular complexity index is 575. The second kappa shape index (κ2) is 5.10. The molecule has 0 spiro atoms. The molecular weight excluding hydrogens is 270 g/mol. The smallest absolute Gasteiger partial charge is 0.365 e. The molecule has 0 bridgehead atoms. The largest absolute Gasteiger partial charge is 0.481 e. The van der Waals surface area contributed by atoms with E-state index in [1.807, 2.05) is 0 Å². The monoisotopic (exact) mass is 279 g/mol. The molecule has 1 atom stereocenters. The van der Waals surface area contributed by atoms with Gasteiger partial charge in [-0.15, -0.1) is 0 Å². The molecule has 0 aliphatic carbocycles. The fraction of sp³-hybridized carbons (Fsp3) is 0.167. The van der Waals surface area contributed by atoms with Gasteiger partial charge in [-0.05, 0) is 12.1 Å². The van der Waals surface area contributed by atoms with Gasteiger partial charge in [-0.1, -0.05) is 12.1 Å². The van der Waals surface area contributed by atoms with Gasteiger partial charge in [-0.2, -0.15) is 5.26 Å². The summed E-state index contributed by atoms with van der Waals surface area (Å²) in [5, 5.41) is 17.1. The average Bonchev–Trinajstić information content (AvgIpc) is 2.68. The van der Waals surface area contributed by atoms with E-state index in [1.54, 1.807) is 0 Å². The summed E-state index contributed by atoms with van der Waals surface area (Å²) in [4.78, 5) is 50.2. The minimum atomic E-state index is -1.72. The van der Waals surface area contributed by atoms with Crippen LogP contribution in [0.25, 0.3) is 0 Å². The highest BCUT2D eigenvalue weighted by Crippen LogP contribution is 2.25. The van der Waals surface area contributed by atoms with Crippen molar-refractivity contribution in [2.45, 2.75) is 12.5 Å². The molecule has 1 unspecified atom stereocenters. The maximum absolute atomic E-state index is 12.1. The van der Waals surface area contributed by atoms with Crippen LogP contribution in [0.4, 0.5) is 0 Å². The first-order valence-electron chi connectivity index (χ1n) is 5.51. The number of amides is 2. The first-order chi connectivity index (χ1) is 9.47. The molecule has 0 saturated heterocycles. The molecule has 0 radical (unpaired) electrons. The Kier molecular flexibility index (Phi) is 3.49. The molecule has 1 aliphatic rings. The van der Waals surface area contributed by atoms with Gasteiger partial charge in [0.25, 0.3) is 11.8 Å². The van der Waals surface area contributed by atoms with Gasteiger partial charge < -0.3 is 5.11 Å². The Labute approximate surface area is 112 Å². The number of fused-ring (bicyclic) bond motifs is 1. The van der Waals surface area contributed by atoms with Crippen LogP contribution in [0.1, 0.15) is 27.1 Å². The summed E-state index contributed by atoms with van der Waals surface area (Å²) < 4.78 is 0. The number of hydrogen-bond donors (Lipinski definition) is 2. The molecule has 8 nitrogen and oxygen atoms in total. The third-order valence-electron chi connectivity index (χ3n) is 2.87. The van der Waals surface area contributed by atoms with Crippen molar-refractivity contribution in [2.75, 3.05) is 0 Å². The zero-order chi connectivity index (χ0) is 14.9. The number of carbonyl (C=O) groups excluding carboxylic acids is 3. The maximum atomic E-state index is 12.1. The van der Waals surface area contributed by atoms with Crippen LogP contribution in [0.2, 0.25) is 0 Å². The second-order valence-corrected chi connectivity index (χ2v) is 4.05. The molecule has 1 heterocycles. The van der Waals surface area contributed by atoms with Crippen LogP contribution in [0.15, 0.2) is 24.3 Å². The third kappa shape index (κ3) is 2.12. The highest BCUT2D eigenvalue weighted by Gasteiger charge is 2.44. The highest BCUT2D eigenvalue weighted by molar-refractivity contribution is 6.22. The molecule has 1 aliphatic heterocycles. The highest BCUT2D eigenvalue weighted by atomic mass is 17.1. The summed E-state index contributed by atoms with van der Waals surface area (Å²) in [6.07, 6.45) is -0.856. The topological polar surface area (TPSA) is 121 Å². The van der Waals surface area contributed by atoms with Crippen molar-refractivity contribution < 1.29 is 34.4 Å². The van der Waals surface area contributed by atoms with Crippen LogP contribution in [0.5, 0.6) is 0 Å². The molecule has 0 saturated carbocycles. The van der Waals surface area contributed by atoms with Crippen molar-refractivity contribution in [3.63, 3.8) is 0 Å². The van der Waals surface area contributed by atoms with Gasteiger partial charge in [0, 0.05) is 0 Å². The maximum Gasteiger partial charge on any atom is 0.365 e. The van der Waals surface area contributed by atoms with Gasteiger partial charge in [0.05, 0.1) is 17.5 Å². The fourth-order valence-corrected chi connectivity index (χ4v) is 2.00. The standard InChI is InChI=1S/C12H9NO7/c14-9(15)5-8(12(18)20-19)13-10(16)6-3-1-2-4-7(6)11(13)17/h1-4,8,19H,5H2,(H,14,15). The molecule has 2 amide bonds. The van der Waals surface area contributed by atoms with E-state index < -0.39 is 36.2 Å². The summed E-state index contributed by atoms with van der Waals surface area (Å²) >= 11 is 0. The van der Waals surface area contributed by atoms with Crippen LogP contribution < -0.4 is 0 Å². The lowest BCUT2D eigenvalue weighted by molar-refractivity contribution is -0.238. The molecule has 0 fully saturated rings. The molecular formula is C12H9NO7. The van der Waals surface area contributed by atoms with Gasteiger partial charge in [0.15, 0.2) is 6.04 Å². The number of hydrogen-bond acceptors (Lipinski definition) is 6. The van der Waals surface area contributed by atoms with E-state index in [4.69, 9.17) is 10.4 Å². The minimum Gasteiger partial charge on any atom is -0.481 e. The van der Waals surface area contributed by atoms with Gasteiger partial charge in [0.2, 0.25) is 0 Å². The Balaban J connectivity index is 2.41. The predicted molar refractivity (Wildman–Crippen MR) is 61.7 cm³/mol. The quantitative estimate of drug-likeness (QED) is 0.456. The molecule has 104 valence electrons. The number of benzene rings is 1. The van der Waals surface area contributed by atoms with Crippen LogP contribution in [0, 0.1) is 0 Å². The fourth-order valence-electron chi connectivity index (χ4n) is 2.00. The van der Waals surface area contributed by atoms with Crippen LogP contribution in [-0.2, 0) is 14.5 Å². The summed E-state index contributed by atoms with van der Waals surface area (Å²) in [5.74, 6) is -4.41. The van der Waals surface area contributed by atoms with Crippen molar-refractivity contribution in [2.24, 2.45) is 0 Å². The van der Waals surface area contributed by atoms with Crippen molar-refractivity contribution in [1.82, 2.24) is 4.90 Å². The Morgan fingerprint density at radius 1 is 1.15 bits per heavy atom. The van der Waals surface area contributed by atoms with E-state index >= 15 is 0 Å². The lowest BCUT2D eigenvalue weighted by Gasteiger charge is -2.21. The van der Waals surface area contributed by atoms with Gasteiger partial charge in [0.1, 0.15) is 0 Å². The molecule has 2 N–H and O–H groups in total. The normalized spacial score (nSPS) is 14.9. The summed E-state index contributed by atoms with van der Waals surface area (Å²) in [6, 6.07) is 4.12. The Morgan fingerprint density at radius 2 is 1.65 bits per heavy atom. The average molecular weight is 279 g/mol. The molecule has 8 heteroatoms. The molecule has 1 aromatic carbocycles. The molecule has 0 aromatic heterocycles. The van der Waals surface area contributed by atoms with E-state index in [2.05, 4.69) is 4.89 Å². The Hall–Kier alpha value is -2.74. The van der Waals surface area contributed by atoms with E-state index in [1.165, 1.54) is 24.3 Å². The van der Waals surface area contributed by atoms with Crippen LogP contribution in [0.3, 0.4) is 0 Å². The van der Waals surface area contributed by atoms with Gasteiger partial charge in [-0.25, -0.2) is 4.79 Å². The van der Waals surface area contributed by atoms with Crippen molar-refractivity contribution in [3.8, 4) is 0 Å². The molecule has 1 aromatic rings. The van der Waals surface area contributed by atoms with Crippen molar-refractivity contribution >= 4 is 23.8 Å². The zero-order valence-electron chi connectivity index (χ0n) is 9.98. The van der Waals surface area contributed by atoms with E-state index in [0.29, 0.717) is 4.90 Å². The van der Waals surface area contributed by atoms with Gasteiger partial charge in [-0.3, -0.25) is 24.2 Å². The first-order valence-corrected chi connectivity index (χ1v) is 5.51. The second-order valence-electron chi connectivity index (χ2n) is 4.05. The number of carboxylic acid groups (broad SMARTS) is 1. The van der Waals surface area contributed by atoms with Crippen molar-refractivity contribution in [3.05, 3.63) is 35.4 Å². The number of carboxylic acids is 1. The molecule has 2 rings (SSSR count). The summed E-state index contributed by atoms with van der Waals surface area (Å²) in [7, 11) is 0.